The molecule has 2 rings (SSSR count). The van der Waals surface area contributed by atoms with Crippen molar-refractivity contribution in [2.24, 2.45) is 0 Å². The van der Waals surface area contributed by atoms with E-state index in [0.717, 1.165) is 30.4 Å². The molecule has 0 aliphatic carbocycles. The molecule has 0 amide bonds. The summed E-state index contributed by atoms with van der Waals surface area (Å²) < 4.78 is 11.8. The van der Waals surface area contributed by atoms with E-state index < -0.39 is 14.2 Å². The highest BCUT2D eigenvalue weighted by atomic mass is 31.2. The molecule has 4 nitrogen and oxygen atoms in total. The van der Waals surface area contributed by atoms with Crippen molar-refractivity contribution < 1.29 is 19.0 Å². The Morgan fingerprint density at radius 3 is 1.79 bits per heavy atom. The SMILES string of the molecule is CCCCCCCCC(OC)C(OP(O)O)(c1ccccc1)c1ccccc1. The van der Waals surface area contributed by atoms with Crippen molar-refractivity contribution in [2.45, 2.75) is 63.6 Å². The maximum atomic E-state index is 9.87. The Hall–Kier alpha value is -1.29. The summed E-state index contributed by atoms with van der Waals surface area (Å²) in [5, 5.41) is 0. The van der Waals surface area contributed by atoms with Crippen molar-refractivity contribution in [1.29, 1.82) is 0 Å². The van der Waals surface area contributed by atoms with Gasteiger partial charge in [-0.25, -0.2) is 0 Å². The van der Waals surface area contributed by atoms with Gasteiger partial charge in [0.1, 0.15) is 0 Å². The van der Waals surface area contributed by atoms with Crippen LogP contribution in [0.2, 0.25) is 0 Å². The topological polar surface area (TPSA) is 58.9 Å². The van der Waals surface area contributed by atoms with E-state index in [9.17, 15) is 9.79 Å². The highest BCUT2D eigenvalue weighted by molar-refractivity contribution is 7.39. The van der Waals surface area contributed by atoms with E-state index in [1.165, 1.54) is 25.7 Å². The van der Waals surface area contributed by atoms with Crippen molar-refractivity contribution in [1.82, 2.24) is 0 Å². The summed E-state index contributed by atoms with van der Waals surface area (Å²) in [6.45, 7) is 2.22. The second-order valence-electron chi connectivity index (χ2n) is 7.09. The van der Waals surface area contributed by atoms with Gasteiger partial charge in [0.2, 0.25) is 0 Å². The standard InChI is InChI=1S/C23H33O4P/c1-3-4-5-6-7-14-19-22(26-2)23(27-28(24)25,20-15-10-8-11-16-20)21-17-12-9-13-18-21/h8-13,15-18,22,24-25H,3-7,14,19H2,1-2H3. The van der Waals surface area contributed by atoms with Crippen LogP contribution in [0.5, 0.6) is 0 Å². The number of hydrogen-bond acceptors (Lipinski definition) is 4. The minimum absolute atomic E-state index is 0.340. The van der Waals surface area contributed by atoms with E-state index in [4.69, 9.17) is 9.26 Å². The fraction of sp³-hybridized carbons (Fsp3) is 0.478. The fourth-order valence-corrected chi connectivity index (χ4v) is 4.39. The molecule has 1 unspecified atom stereocenters. The molecule has 0 heterocycles. The van der Waals surface area contributed by atoms with Crippen molar-refractivity contribution >= 4 is 8.60 Å². The van der Waals surface area contributed by atoms with Gasteiger partial charge in [-0.1, -0.05) is 106 Å². The molecular weight excluding hydrogens is 371 g/mol. The Labute approximate surface area is 170 Å². The van der Waals surface area contributed by atoms with Crippen molar-refractivity contribution in [3.63, 3.8) is 0 Å². The third-order valence-corrected chi connectivity index (χ3v) is 5.64. The maximum Gasteiger partial charge on any atom is 0.328 e. The van der Waals surface area contributed by atoms with Gasteiger partial charge in [0, 0.05) is 7.11 Å². The van der Waals surface area contributed by atoms with E-state index >= 15 is 0 Å². The second kappa shape index (κ2) is 12.3. The molecular formula is C23H33O4P. The molecule has 28 heavy (non-hydrogen) atoms. The van der Waals surface area contributed by atoms with Gasteiger partial charge in [0.25, 0.3) is 0 Å². The van der Waals surface area contributed by atoms with Gasteiger partial charge >= 0.3 is 8.60 Å². The lowest BCUT2D eigenvalue weighted by molar-refractivity contribution is -0.0642. The molecule has 2 aromatic carbocycles. The molecule has 0 bridgehead atoms. The molecule has 154 valence electrons. The summed E-state index contributed by atoms with van der Waals surface area (Å²) in [4.78, 5) is 19.7. The van der Waals surface area contributed by atoms with Crippen LogP contribution in [0.4, 0.5) is 0 Å². The summed E-state index contributed by atoms with van der Waals surface area (Å²) in [5.41, 5.74) is 0.639. The molecule has 2 aromatic rings. The molecule has 5 heteroatoms. The van der Waals surface area contributed by atoms with Crippen LogP contribution in [0.3, 0.4) is 0 Å². The lowest BCUT2D eigenvalue weighted by atomic mass is 9.79. The van der Waals surface area contributed by atoms with Gasteiger partial charge < -0.3 is 14.5 Å². The van der Waals surface area contributed by atoms with Crippen molar-refractivity contribution in [3.05, 3.63) is 71.8 Å². The van der Waals surface area contributed by atoms with E-state index in [2.05, 4.69) is 6.92 Å². The van der Waals surface area contributed by atoms with Gasteiger partial charge in [-0.3, -0.25) is 4.52 Å². The molecule has 0 saturated heterocycles. The predicted molar refractivity (Wildman–Crippen MR) is 115 cm³/mol. The molecule has 0 saturated carbocycles. The second-order valence-corrected chi connectivity index (χ2v) is 7.78. The Bertz CT molecular complexity index is 609. The quantitative estimate of drug-likeness (QED) is 0.321. The largest absolute Gasteiger partial charge is 0.378 e. The molecule has 0 aliphatic rings. The van der Waals surface area contributed by atoms with Crippen molar-refractivity contribution in [3.8, 4) is 0 Å². The van der Waals surface area contributed by atoms with Crippen LogP contribution in [-0.2, 0) is 14.9 Å². The number of unbranched alkanes of at least 4 members (excludes halogenated alkanes) is 5. The third-order valence-electron chi connectivity index (χ3n) is 5.19. The average molecular weight is 404 g/mol. The van der Waals surface area contributed by atoms with Crippen LogP contribution in [0, 0.1) is 0 Å². The fourth-order valence-electron chi connectivity index (χ4n) is 3.80. The van der Waals surface area contributed by atoms with E-state index in [1.807, 2.05) is 60.7 Å². The zero-order chi connectivity index (χ0) is 20.2. The number of methoxy groups -OCH3 is 1. The summed E-state index contributed by atoms with van der Waals surface area (Å²) in [5.74, 6) is 0. The zero-order valence-corrected chi connectivity index (χ0v) is 17.9. The van der Waals surface area contributed by atoms with E-state index in [0.29, 0.717) is 0 Å². The number of benzene rings is 2. The van der Waals surface area contributed by atoms with Crippen molar-refractivity contribution in [2.75, 3.05) is 7.11 Å². The first-order valence-electron chi connectivity index (χ1n) is 10.2. The monoisotopic (exact) mass is 404 g/mol. The Kier molecular flexibility index (Phi) is 10.1. The lowest BCUT2D eigenvalue weighted by Crippen LogP contribution is -2.43. The number of ether oxygens (including phenoxy) is 1. The molecule has 0 aliphatic heterocycles. The van der Waals surface area contributed by atoms with Gasteiger partial charge in [-0.05, 0) is 17.5 Å². The van der Waals surface area contributed by atoms with E-state index in [1.54, 1.807) is 7.11 Å². The molecule has 0 spiro atoms. The molecule has 1 atom stereocenters. The van der Waals surface area contributed by atoms with Crippen LogP contribution in [0.25, 0.3) is 0 Å². The third kappa shape index (κ3) is 6.10. The van der Waals surface area contributed by atoms with Crippen LogP contribution < -0.4 is 0 Å². The Morgan fingerprint density at radius 2 is 1.32 bits per heavy atom. The summed E-state index contributed by atoms with van der Waals surface area (Å²) in [6.07, 6.45) is 7.54. The molecule has 2 N–H and O–H groups in total. The van der Waals surface area contributed by atoms with Gasteiger partial charge in [-0.2, -0.15) is 0 Å². The summed E-state index contributed by atoms with van der Waals surface area (Å²) in [6, 6.07) is 19.5. The minimum atomic E-state index is -2.58. The molecule has 0 fully saturated rings. The number of hydrogen-bond donors (Lipinski definition) is 2. The Morgan fingerprint density at radius 1 is 0.821 bits per heavy atom. The highest BCUT2D eigenvalue weighted by Gasteiger charge is 2.45. The molecule has 0 aromatic heterocycles. The smallest absolute Gasteiger partial charge is 0.328 e. The zero-order valence-electron chi connectivity index (χ0n) is 17.0. The lowest BCUT2D eigenvalue weighted by Gasteiger charge is -2.40. The highest BCUT2D eigenvalue weighted by Crippen LogP contribution is 2.47. The van der Waals surface area contributed by atoms with Crippen LogP contribution in [0.15, 0.2) is 60.7 Å². The van der Waals surface area contributed by atoms with Crippen LogP contribution in [-0.4, -0.2) is 23.0 Å². The van der Waals surface area contributed by atoms with E-state index in [-0.39, 0.29) is 6.10 Å². The van der Waals surface area contributed by atoms with Crippen LogP contribution in [0.1, 0.15) is 63.0 Å². The molecule has 0 radical (unpaired) electrons. The maximum absolute atomic E-state index is 9.87. The predicted octanol–water partition coefficient (Wildman–Crippen LogP) is 5.92. The summed E-state index contributed by atoms with van der Waals surface area (Å²) in [7, 11) is -0.911. The van der Waals surface area contributed by atoms with Gasteiger partial charge in [0.15, 0.2) is 5.60 Å². The minimum Gasteiger partial charge on any atom is -0.378 e. The Balaban J connectivity index is 2.34. The van der Waals surface area contributed by atoms with Crippen LogP contribution >= 0.6 is 8.60 Å². The van der Waals surface area contributed by atoms with Gasteiger partial charge in [0.05, 0.1) is 6.10 Å². The average Bonchev–Trinajstić information content (AvgIpc) is 2.73. The van der Waals surface area contributed by atoms with Gasteiger partial charge in [-0.15, -0.1) is 0 Å². The first-order chi connectivity index (χ1) is 13.6. The first kappa shape index (κ1) is 23.0. The summed E-state index contributed by atoms with van der Waals surface area (Å²) >= 11 is 0. The number of rotatable bonds is 13. The normalized spacial score (nSPS) is 13.0. The first-order valence-corrected chi connectivity index (χ1v) is 11.3.